The first-order valence-corrected chi connectivity index (χ1v) is 6.79. The fraction of sp³-hybridized carbons (Fsp3) is 0.267. The molecule has 4 heteroatoms. The molecule has 0 fully saturated rings. The topological polar surface area (TPSA) is 40.7 Å². The van der Waals surface area contributed by atoms with Crippen molar-refractivity contribution in [2.75, 3.05) is 6.54 Å². The summed E-state index contributed by atoms with van der Waals surface area (Å²) in [6, 6.07) is 4.06. The molecule has 0 aliphatic carbocycles. The lowest BCUT2D eigenvalue weighted by atomic mass is 10.3. The van der Waals surface area contributed by atoms with Crippen LogP contribution in [0.15, 0.2) is 42.6 Å². The van der Waals surface area contributed by atoms with Gasteiger partial charge in [-0.15, -0.1) is 0 Å². The smallest absolute Gasteiger partial charge is 0.153 e. The van der Waals surface area contributed by atoms with Crippen molar-refractivity contribution in [2.45, 2.75) is 19.9 Å². The van der Waals surface area contributed by atoms with E-state index in [1.165, 1.54) is 0 Å². The molecule has 0 unspecified atom stereocenters. The van der Waals surface area contributed by atoms with E-state index in [1.807, 2.05) is 25.1 Å². The van der Waals surface area contributed by atoms with Crippen LogP contribution in [-0.4, -0.2) is 16.5 Å². The number of hydrogen-bond donors (Lipinski definition) is 2. The molecule has 2 rings (SSSR count). The molecule has 0 saturated carbocycles. The quantitative estimate of drug-likeness (QED) is 0.478. The van der Waals surface area contributed by atoms with Crippen LogP contribution in [0.1, 0.15) is 19.0 Å². The summed E-state index contributed by atoms with van der Waals surface area (Å²) < 4.78 is 0. The van der Waals surface area contributed by atoms with Gasteiger partial charge in [0.1, 0.15) is 0 Å². The first-order valence-electron chi connectivity index (χ1n) is 6.42. The van der Waals surface area contributed by atoms with Crippen LogP contribution in [0.3, 0.4) is 0 Å². The monoisotopic (exact) mass is 275 g/mol. The third kappa shape index (κ3) is 3.94. The van der Waals surface area contributed by atoms with Crippen LogP contribution < -0.4 is 5.32 Å². The second-order valence-corrected chi connectivity index (χ2v) is 4.64. The number of rotatable bonds is 6. The molecule has 0 radical (unpaired) electrons. The van der Waals surface area contributed by atoms with Crippen LogP contribution in [-0.2, 0) is 6.54 Å². The van der Waals surface area contributed by atoms with Gasteiger partial charge in [0.15, 0.2) is 5.15 Å². The van der Waals surface area contributed by atoms with E-state index in [0.29, 0.717) is 5.15 Å². The number of allylic oxidation sites excluding steroid dienone is 3. The molecule has 3 nitrogen and oxygen atoms in total. The van der Waals surface area contributed by atoms with Crippen molar-refractivity contribution < 1.29 is 0 Å². The minimum Gasteiger partial charge on any atom is -0.355 e. The molecule has 0 aliphatic heterocycles. The Balaban J connectivity index is 1.83. The molecule has 0 aliphatic rings. The Kier molecular flexibility index (Phi) is 5.19. The van der Waals surface area contributed by atoms with E-state index in [-0.39, 0.29) is 0 Å². The fourth-order valence-corrected chi connectivity index (χ4v) is 2.08. The van der Waals surface area contributed by atoms with Crippen molar-refractivity contribution in [1.29, 1.82) is 0 Å². The second-order valence-electron chi connectivity index (χ2n) is 4.28. The van der Waals surface area contributed by atoms with E-state index in [9.17, 15) is 0 Å². The third-order valence-corrected chi connectivity index (χ3v) is 3.08. The van der Waals surface area contributed by atoms with Crippen LogP contribution in [0.25, 0.3) is 10.9 Å². The van der Waals surface area contributed by atoms with E-state index >= 15 is 0 Å². The number of aromatic nitrogens is 2. The number of halogens is 1. The number of H-pyrrole nitrogens is 1. The molecule has 0 bridgehead atoms. The lowest BCUT2D eigenvalue weighted by Crippen LogP contribution is -2.14. The number of pyridine rings is 1. The first-order chi connectivity index (χ1) is 9.31. The van der Waals surface area contributed by atoms with Crippen LogP contribution in [0.2, 0.25) is 5.15 Å². The Labute approximate surface area is 118 Å². The summed E-state index contributed by atoms with van der Waals surface area (Å²) in [7, 11) is 0. The highest BCUT2D eigenvalue weighted by Gasteiger charge is 2.03. The highest BCUT2D eigenvalue weighted by molar-refractivity contribution is 6.33. The molecular weight excluding hydrogens is 258 g/mol. The van der Waals surface area contributed by atoms with Crippen molar-refractivity contribution >= 4 is 22.5 Å². The summed E-state index contributed by atoms with van der Waals surface area (Å²) in [6.07, 6.45) is 11.0. The molecule has 2 aromatic rings. The minimum absolute atomic E-state index is 0.526. The summed E-state index contributed by atoms with van der Waals surface area (Å²) in [4.78, 5) is 7.35. The van der Waals surface area contributed by atoms with Gasteiger partial charge in [-0.05, 0) is 32.0 Å². The summed E-state index contributed by atoms with van der Waals surface area (Å²) in [5, 5.41) is 5.02. The Hall–Kier alpha value is -1.58. The van der Waals surface area contributed by atoms with Gasteiger partial charge in [-0.1, -0.05) is 35.9 Å². The molecule has 2 aromatic heterocycles. The molecule has 100 valence electrons. The summed E-state index contributed by atoms with van der Waals surface area (Å²) in [5.41, 5.74) is 2.04. The molecule has 19 heavy (non-hydrogen) atoms. The van der Waals surface area contributed by atoms with Crippen molar-refractivity contribution in [2.24, 2.45) is 0 Å². The fourth-order valence-electron chi connectivity index (χ4n) is 1.87. The van der Waals surface area contributed by atoms with Crippen LogP contribution in [0.5, 0.6) is 0 Å². The number of nitrogens with one attached hydrogen (secondary N) is 2. The Morgan fingerprint density at radius 2 is 2.32 bits per heavy atom. The zero-order valence-corrected chi connectivity index (χ0v) is 11.7. The maximum Gasteiger partial charge on any atom is 0.153 e. The number of aromatic amines is 1. The normalized spacial score (nSPS) is 12.1. The average Bonchev–Trinajstić information content (AvgIpc) is 2.82. The van der Waals surface area contributed by atoms with Gasteiger partial charge in [0.05, 0.1) is 5.52 Å². The molecule has 2 N–H and O–H groups in total. The van der Waals surface area contributed by atoms with Crippen molar-refractivity contribution in [3.05, 3.63) is 53.5 Å². The van der Waals surface area contributed by atoms with Gasteiger partial charge < -0.3 is 10.3 Å². The highest BCUT2D eigenvalue weighted by Crippen LogP contribution is 2.20. The molecule has 0 spiro atoms. The number of fused-ring (bicyclic) bond motifs is 1. The molecular formula is C15H18ClN3. The van der Waals surface area contributed by atoms with Crippen molar-refractivity contribution in [1.82, 2.24) is 15.3 Å². The zero-order valence-electron chi connectivity index (χ0n) is 11.0. The maximum absolute atomic E-state index is 6.02. The van der Waals surface area contributed by atoms with Gasteiger partial charge in [0.25, 0.3) is 0 Å². The minimum atomic E-state index is 0.526. The van der Waals surface area contributed by atoms with Gasteiger partial charge in [-0.2, -0.15) is 0 Å². The van der Waals surface area contributed by atoms with Crippen molar-refractivity contribution in [3.8, 4) is 0 Å². The molecule has 0 aromatic carbocycles. The van der Waals surface area contributed by atoms with E-state index < -0.39 is 0 Å². The maximum atomic E-state index is 6.02. The van der Waals surface area contributed by atoms with Gasteiger partial charge in [-0.3, -0.25) is 0 Å². The average molecular weight is 276 g/mol. The van der Waals surface area contributed by atoms with Gasteiger partial charge >= 0.3 is 0 Å². The lowest BCUT2D eigenvalue weighted by molar-refractivity contribution is 0.686. The van der Waals surface area contributed by atoms with E-state index in [1.54, 1.807) is 6.20 Å². The highest BCUT2D eigenvalue weighted by atomic mass is 35.5. The summed E-state index contributed by atoms with van der Waals surface area (Å²) in [6.45, 7) is 3.77. The number of nitrogens with zero attached hydrogens (tertiary/aromatic N) is 1. The Bertz CT molecular complexity index is 584. The van der Waals surface area contributed by atoms with Crippen LogP contribution in [0.4, 0.5) is 0 Å². The predicted octanol–water partition coefficient (Wildman–Crippen LogP) is 3.83. The Morgan fingerprint density at radius 3 is 3.11 bits per heavy atom. The van der Waals surface area contributed by atoms with Gasteiger partial charge in [-0.25, -0.2) is 4.98 Å². The Morgan fingerprint density at radius 1 is 1.42 bits per heavy atom. The second kappa shape index (κ2) is 7.12. The molecule has 0 saturated heterocycles. The standard InChI is InChI=1S/C15H18ClN3/c1-2-3-4-5-6-8-17-11-13-10-12-7-9-18-15(16)14(12)19-13/h2-5,7,9-10,17,19H,6,8,11H2,1H3/b3-2-,5-4-. The first kappa shape index (κ1) is 13.8. The molecule has 0 atom stereocenters. The van der Waals surface area contributed by atoms with Crippen molar-refractivity contribution in [3.63, 3.8) is 0 Å². The van der Waals surface area contributed by atoms with Crippen LogP contribution in [0, 0.1) is 0 Å². The lowest BCUT2D eigenvalue weighted by Gasteiger charge is -1.99. The van der Waals surface area contributed by atoms with Crippen LogP contribution >= 0.6 is 11.6 Å². The largest absolute Gasteiger partial charge is 0.355 e. The number of hydrogen-bond acceptors (Lipinski definition) is 2. The summed E-state index contributed by atoms with van der Waals surface area (Å²) >= 11 is 6.02. The molecule has 0 amide bonds. The van der Waals surface area contributed by atoms with Gasteiger partial charge in [0.2, 0.25) is 0 Å². The van der Waals surface area contributed by atoms with E-state index in [2.05, 4.69) is 33.5 Å². The predicted molar refractivity (Wildman–Crippen MR) is 81.4 cm³/mol. The third-order valence-electron chi connectivity index (χ3n) is 2.80. The molecule has 2 heterocycles. The van der Waals surface area contributed by atoms with E-state index in [4.69, 9.17) is 11.6 Å². The zero-order chi connectivity index (χ0) is 13.5. The van der Waals surface area contributed by atoms with Gasteiger partial charge in [0, 0.05) is 23.8 Å². The summed E-state index contributed by atoms with van der Waals surface area (Å²) in [5.74, 6) is 0. The SMILES string of the molecule is C/C=C\C=C/CCNCc1cc2ccnc(Cl)c2[nH]1. The van der Waals surface area contributed by atoms with E-state index in [0.717, 1.165) is 36.1 Å².